The normalized spacial score (nSPS) is 12.7. The van der Waals surface area contributed by atoms with E-state index in [0.717, 1.165) is 22.6 Å². The second kappa shape index (κ2) is 6.60. The van der Waals surface area contributed by atoms with Gasteiger partial charge in [0.1, 0.15) is 4.21 Å². The van der Waals surface area contributed by atoms with E-state index in [0.29, 0.717) is 15.7 Å². The fraction of sp³-hybridized carbons (Fsp3) is 0.133. The van der Waals surface area contributed by atoms with Crippen LogP contribution in [0.4, 0.5) is 0 Å². The lowest BCUT2D eigenvalue weighted by molar-refractivity contribution is 0.597. The molecule has 0 bridgehead atoms. The lowest BCUT2D eigenvalue weighted by atomic mass is 10.2. The molecule has 0 N–H and O–H groups in total. The summed E-state index contributed by atoms with van der Waals surface area (Å²) < 4.78 is 31.3. The molecule has 0 amide bonds. The Hall–Kier alpha value is -1.41. The summed E-state index contributed by atoms with van der Waals surface area (Å²) in [6.45, 7) is 2.60. The number of thiophene rings is 1. The van der Waals surface area contributed by atoms with E-state index in [9.17, 15) is 8.42 Å². The third-order valence-corrected chi connectivity index (χ3v) is 7.13. The molecule has 4 nitrogen and oxygen atoms in total. The highest BCUT2D eigenvalue weighted by molar-refractivity contribution is 7.92. The number of hydrogen-bond acceptors (Lipinski definition) is 4. The number of halogens is 1. The molecule has 23 heavy (non-hydrogen) atoms. The van der Waals surface area contributed by atoms with Gasteiger partial charge in [-0.1, -0.05) is 41.9 Å². The average molecular weight is 385 g/mol. The molecule has 0 spiro atoms. The molecule has 8 heteroatoms. The van der Waals surface area contributed by atoms with Crippen LogP contribution in [0.15, 0.2) is 56.5 Å². The summed E-state index contributed by atoms with van der Waals surface area (Å²) in [7, 11) is -3.75. The van der Waals surface area contributed by atoms with Crippen molar-refractivity contribution in [2.75, 3.05) is 0 Å². The third kappa shape index (κ3) is 3.42. The van der Waals surface area contributed by atoms with Gasteiger partial charge in [0.15, 0.2) is 0 Å². The maximum atomic E-state index is 12.4. The Balaban J connectivity index is 2.12. The van der Waals surface area contributed by atoms with Crippen molar-refractivity contribution in [2.45, 2.75) is 17.7 Å². The van der Waals surface area contributed by atoms with Crippen molar-refractivity contribution in [1.29, 1.82) is 0 Å². The fourth-order valence-electron chi connectivity index (χ4n) is 2.13. The standard InChI is InChI=1S/C15H13ClN2O2S3/c1-2-18-12(11-6-4-3-5-7-11)10-21-15(18)17-23(19,20)14-9-8-13(16)22-14/h3-10H,2H2,1H3/b17-15+. The summed E-state index contributed by atoms with van der Waals surface area (Å²) in [5.41, 5.74) is 1.99. The maximum Gasteiger partial charge on any atom is 0.294 e. The summed E-state index contributed by atoms with van der Waals surface area (Å²) >= 11 is 8.14. The Kier molecular flexibility index (Phi) is 4.72. The molecular formula is C15H13ClN2O2S3. The topological polar surface area (TPSA) is 51.4 Å². The lowest BCUT2D eigenvalue weighted by Gasteiger charge is -2.05. The van der Waals surface area contributed by atoms with Gasteiger partial charge in [0.2, 0.25) is 4.80 Å². The maximum absolute atomic E-state index is 12.4. The molecule has 0 radical (unpaired) electrons. The first kappa shape index (κ1) is 16.4. The zero-order valence-electron chi connectivity index (χ0n) is 12.1. The number of thiazole rings is 1. The monoisotopic (exact) mass is 384 g/mol. The van der Waals surface area contributed by atoms with Crippen LogP contribution < -0.4 is 4.80 Å². The number of aromatic nitrogens is 1. The van der Waals surface area contributed by atoms with Gasteiger partial charge in [-0.15, -0.1) is 27.1 Å². The van der Waals surface area contributed by atoms with Gasteiger partial charge in [-0.25, -0.2) is 0 Å². The smallest absolute Gasteiger partial charge is 0.294 e. The van der Waals surface area contributed by atoms with Crippen LogP contribution in [0.5, 0.6) is 0 Å². The summed E-state index contributed by atoms with van der Waals surface area (Å²) in [5.74, 6) is 0. The number of nitrogens with zero attached hydrogens (tertiary/aromatic N) is 2. The Labute approximate surface area is 147 Å². The van der Waals surface area contributed by atoms with Crippen LogP contribution in [0.2, 0.25) is 4.34 Å². The predicted octanol–water partition coefficient (Wildman–Crippen LogP) is 4.24. The summed E-state index contributed by atoms with van der Waals surface area (Å²) in [5, 5.41) is 1.93. The van der Waals surface area contributed by atoms with Crippen molar-refractivity contribution in [1.82, 2.24) is 4.57 Å². The van der Waals surface area contributed by atoms with Crippen molar-refractivity contribution >= 4 is 44.3 Å². The van der Waals surface area contributed by atoms with Crippen molar-refractivity contribution in [3.05, 3.63) is 57.0 Å². The van der Waals surface area contributed by atoms with Crippen LogP contribution in [0.25, 0.3) is 11.3 Å². The highest BCUT2D eigenvalue weighted by Gasteiger charge is 2.17. The predicted molar refractivity (Wildman–Crippen MR) is 95.5 cm³/mol. The number of sulfonamides is 1. The van der Waals surface area contributed by atoms with E-state index in [2.05, 4.69) is 4.40 Å². The molecule has 2 heterocycles. The molecule has 3 rings (SSSR count). The zero-order chi connectivity index (χ0) is 16.4. The molecule has 2 aromatic heterocycles. The van der Waals surface area contributed by atoms with E-state index >= 15 is 0 Å². The highest BCUT2D eigenvalue weighted by atomic mass is 35.5. The van der Waals surface area contributed by atoms with E-state index in [-0.39, 0.29) is 4.21 Å². The first-order valence-electron chi connectivity index (χ1n) is 6.81. The zero-order valence-corrected chi connectivity index (χ0v) is 15.3. The molecular weight excluding hydrogens is 372 g/mol. The minimum atomic E-state index is -3.75. The molecule has 0 atom stereocenters. The van der Waals surface area contributed by atoms with Gasteiger partial charge in [0.25, 0.3) is 10.0 Å². The van der Waals surface area contributed by atoms with Crippen LogP contribution in [-0.2, 0) is 16.6 Å². The summed E-state index contributed by atoms with van der Waals surface area (Å²) in [6.07, 6.45) is 0. The minimum Gasteiger partial charge on any atom is -0.316 e. The van der Waals surface area contributed by atoms with E-state index in [1.54, 1.807) is 6.07 Å². The SMILES string of the molecule is CCn1c(-c2ccccc2)cs/c1=N/S(=O)(=O)c1ccc(Cl)s1. The molecule has 1 aromatic carbocycles. The van der Waals surface area contributed by atoms with E-state index in [1.165, 1.54) is 17.4 Å². The van der Waals surface area contributed by atoms with Gasteiger partial charge in [-0.05, 0) is 24.6 Å². The highest BCUT2D eigenvalue weighted by Crippen LogP contribution is 2.27. The van der Waals surface area contributed by atoms with Gasteiger partial charge in [0, 0.05) is 11.9 Å². The van der Waals surface area contributed by atoms with Crippen molar-refractivity contribution in [3.63, 3.8) is 0 Å². The van der Waals surface area contributed by atoms with E-state index < -0.39 is 10.0 Å². The van der Waals surface area contributed by atoms with E-state index in [4.69, 9.17) is 11.6 Å². The van der Waals surface area contributed by atoms with Gasteiger partial charge < -0.3 is 4.57 Å². The van der Waals surface area contributed by atoms with Crippen LogP contribution >= 0.6 is 34.3 Å². The number of benzene rings is 1. The summed E-state index contributed by atoms with van der Waals surface area (Å²) in [4.78, 5) is 0.455. The van der Waals surface area contributed by atoms with Crippen LogP contribution in [-0.4, -0.2) is 13.0 Å². The molecule has 0 aliphatic carbocycles. The molecule has 0 aliphatic heterocycles. The lowest BCUT2D eigenvalue weighted by Crippen LogP contribution is -2.17. The first-order valence-corrected chi connectivity index (χ1v) is 10.3. The fourth-order valence-corrected chi connectivity index (χ4v) is 5.78. The van der Waals surface area contributed by atoms with Gasteiger partial charge >= 0.3 is 0 Å². The summed E-state index contributed by atoms with van der Waals surface area (Å²) in [6, 6.07) is 12.9. The first-order chi connectivity index (χ1) is 11.0. The molecule has 120 valence electrons. The molecule has 0 saturated heterocycles. The van der Waals surface area contributed by atoms with Crippen LogP contribution in [0, 0.1) is 0 Å². The van der Waals surface area contributed by atoms with Gasteiger partial charge in [0.05, 0.1) is 10.0 Å². The quantitative estimate of drug-likeness (QED) is 0.675. The second-order valence-electron chi connectivity index (χ2n) is 4.64. The Morgan fingerprint density at radius 3 is 2.52 bits per heavy atom. The number of rotatable bonds is 4. The molecule has 3 aromatic rings. The third-order valence-electron chi connectivity index (χ3n) is 3.18. The second-order valence-corrected chi connectivity index (χ2v) is 9.02. The molecule has 0 aliphatic rings. The Morgan fingerprint density at radius 1 is 1.17 bits per heavy atom. The van der Waals surface area contributed by atoms with Gasteiger partial charge in [-0.3, -0.25) is 0 Å². The van der Waals surface area contributed by atoms with Gasteiger partial charge in [-0.2, -0.15) is 8.42 Å². The van der Waals surface area contributed by atoms with Crippen molar-refractivity contribution < 1.29 is 8.42 Å². The molecule has 0 fully saturated rings. The van der Waals surface area contributed by atoms with Crippen molar-refractivity contribution in [3.8, 4) is 11.3 Å². The number of hydrogen-bond donors (Lipinski definition) is 0. The largest absolute Gasteiger partial charge is 0.316 e. The minimum absolute atomic E-state index is 0.153. The van der Waals surface area contributed by atoms with Crippen molar-refractivity contribution in [2.24, 2.45) is 4.40 Å². The average Bonchev–Trinajstić information content (AvgIpc) is 3.14. The molecule has 0 saturated carbocycles. The van der Waals surface area contributed by atoms with E-state index in [1.807, 2.05) is 47.2 Å². The molecule has 0 unspecified atom stereocenters. The Morgan fingerprint density at radius 2 is 1.91 bits per heavy atom. The van der Waals surface area contributed by atoms with Crippen LogP contribution in [0.3, 0.4) is 0 Å². The Bertz CT molecular complexity index is 985. The van der Waals surface area contributed by atoms with Crippen LogP contribution in [0.1, 0.15) is 6.92 Å².